The van der Waals surface area contributed by atoms with Gasteiger partial charge in [-0.05, 0) is 43.4 Å². The zero-order valence-corrected chi connectivity index (χ0v) is 7.93. The zero-order valence-electron chi connectivity index (χ0n) is 7.93. The van der Waals surface area contributed by atoms with Crippen LogP contribution in [-0.4, -0.2) is 0 Å². The third-order valence-electron chi connectivity index (χ3n) is 2.21. The Morgan fingerprint density at radius 1 is 1.33 bits per heavy atom. The minimum Gasteiger partial charge on any atom is -0.0617 e. The molecule has 0 atom stereocenters. The van der Waals surface area contributed by atoms with Crippen molar-refractivity contribution in [2.45, 2.75) is 26.7 Å². The highest BCUT2D eigenvalue weighted by molar-refractivity contribution is 5.37. The van der Waals surface area contributed by atoms with Crippen LogP contribution < -0.4 is 0 Å². The monoisotopic (exact) mass is 160 g/mol. The van der Waals surface area contributed by atoms with Crippen molar-refractivity contribution in [2.24, 2.45) is 0 Å². The molecule has 0 amide bonds. The zero-order chi connectivity index (χ0) is 8.97. The molecule has 0 aromatic heterocycles. The fourth-order valence-electron chi connectivity index (χ4n) is 1.25. The lowest BCUT2D eigenvalue weighted by atomic mass is 9.99. The predicted octanol–water partition coefficient (Wildman–Crippen LogP) is 3.47. The number of aryl methyl sites for hydroxylation is 1. The van der Waals surface area contributed by atoms with Crippen molar-refractivity contribution >= 4 is 0 Å². The first kappa shape index (κ1) is 9.31. The van der Waals surface area contributed by atoms with Crippen molar-refractivity contribution in [3.63, 3.8) is 0 Å². The second-order valence-corrected chi connectivity index (χ2v) is 3.14. The quantitative estimate of drug-likeness (QED) is 0.635. The minimum atomic E-state index is 0.980. The summed E-state index contributed by atoms with van der Waals surface area (Å²) in [7, 11) is 0. The van der Waals surface area contributed by atoms with Gasteiger partial charge in [0.15, 0.2) is 0 Å². The van der Waals surface area contributed by atoms with E-state index >= 15 is 0 Å². The summed E-state index contributed by atoms with van der Waals surface area (Å²) in [5.74, 6) is 0. The Hall–Kier alpha value is -0.780. The van der Waals surface area contributed by atoms with Crippen LogP contribution in [0, 0.1) is 27.2 Å². The minimum absolute atomic E-state index is 0.980. The first-order valence-electron chi connectivity index (χ1n) is 4.44. The van der Waals surface area contributed by atoms with E-state index in [1.54, 1.807) is 0 Å². The normalized spacial score (nSPS) is 10.2. The lowest BCUT2D eigenvalue weighted by Gasteiger charge is -2.06. The molecular weight excluding hydrogens is 144 g/mol. The van der Waals surface area contributed by atoms with E-state index in [1.165, 1.54) is 16.7 Å². The molecule has 0 spiro atoms. The van der Waals surface area contributed by atoms with Gasteiger partial charge in [0, 0.05) is 0 Å². The molecule has 0 aliphatic carbocycles. The molecule has 0 N–H and O–H groups in total. The lowest BCUT2D eigenvalue weighted by molar-refractivity contribution is 0.981. The molecule has 0 unspecified atom stereocenters. The van der Waals surface area contributed by atoms with Crippen LogP contribution in [0.3, 0.4) is 0 Å². The molecule has 0 saturated carbocycles. The first-order chi connectivity index (χ1) is 5.75. The fraction of sp³-hybridized carbons (Fsp3) is 0.333. The summed E-state index contributed by atoms with van der Waals surface area (Å²) in [6.45, 7) is 8.14. The number of hydrogen-bond donors (Lipinski definition) is 0. The van der Waals surface area contributed by atoms with Crippen LogP contribution in [0.25, 0.3) is 0 Å². The van der Waals surface area contributed by atoms with Gasteiger partial charge in [-0.25, -0.2) is 0 Å². The molecule has 0 heterocycles. The second kappa shape index (κ2) is 4.30. The summed E-state index contributed by atoms with van der Waals surface area (Å²) in [6.07, 6.45) is 4.31. The molecule has 0 aliphatic heterocycles. The highest BCUT2D eigenvalue weighted by Crippen LogP contribution is 2.16. The summed E-state index contributed by atoms with van der Waals surface area (Å²) in [5.41, 5.74) is 4.12. The fourth-order valence-corrected chi connectivity index (χ4v) is 1.25. The largest absolute Gasteiger partial charge is 0.0617 e. The SMILES string of the molecule is [CH2]CC[CH]c1cccc(C)c1C. The van der Waals surface area contributed by atoms with Crippen LogP contribution in [0.5, 0.6) is 0 Å². The van der Waals surface area contributed by atoms with E-state index in [-0.39, 0.29) is 0 Å². The van der Waals surface area contributed by atoms with Crippen LogP contribution in [0.4, 0.5) is 0 Å². The Morgan fingerprint density at radius 3 is 2.75 bits per heavy atom. The average Bonchev–Trinajstić information content (AvgIpc) is 2.08. The topological polar surface area (TPSA) is 0 Å². The van der Waals surface area contributed by atoms with Gasteiger partial charge in [-0.1, -0.05) is 31.5 Å². The van der Waals surface area contributed by atoms with E-state index in [0.717, 1.165) is 12.8 Å². The van der Waals surface area contributed by atoms with Crippen molar-refractivity contribution in [3.8, 4) is 0 Å². The van der Waals surface area contributed by atoms with Crippen molar-refractivity contribution < 1.29 is 0 Å². The van der Waals surface area contributed by atoms with Crippen LogP contribution in [0.1, 0.15) is 29.5 Å². The molecular formula is C12H16. The Labute approximate surface area is 75.6 Å². The van der Waals surface area contributed by atoms with Crippen LogP contribution in [0.2, 0.25) is 0 Å². The van der Waals surface area contributed by atoms with Crippen molar-refractivity contribution in [2.75, 3.05) is 0 Å². The van der Waals surface area contributed by atoms with Gasteiger partial charge >= 0.3 is 0 Å². The molecule has 64 valence electrons. The lowest BCUT2D eigenvalue weighted by Crippen LogP contribution is -1.89. The molecule has 12 heavy (non-hydrogen) atoms. The molecule has 0 saturated heterocycles. The van der Waals surface area contributed by atoms with Gasteiger partial charge in [0.05, 0.1) is 0 Å². The van der Waals surface area contributed by atoms with Gasteiger partial charge < -0.3 is 0 Å². The molecule has 1 rings (SSSR count). The van der Waals surface area contributed by atoms with E-state index in [1.807, 2.05) is 0 Å². The van der Waals surface area contributed by atoms with Crippen LogP contribution >= 0.6 is 0 Å². The summed E-state index contributed by atoms with van der Waals surface area (Å²) in [5, 5.41) is 0. The molecule has 0 bridgehead atoms. The molecule has 0 aliphatic rings. The van der Waals surface area contributed by atoms with Gasteiger partial charge in [0.2, 0.25) is 0 Å². The predicted molar refractivity (Wildman–Crippen MR) is 53.9 cm³/mol. The Morgan fingerprint density at radius 2 is 2.08 bits per heavy atom. The number of rotatable bonds is 3. The number of unbranched alkanes of at least 4 members (excludes halogenated alkanes) is 1. The van der Waals surface area contributed by atoms with Crippen LogP contribution in [-0.2, 0) is 0 Å². The van der Waals surface area contributed by atoms with Crippen molar-refractivity contribution in [3.05, 3.63) is 48.2 Å². The molecule has 2 radical (unpaired) electrons. The molecule has 1 aromatic rings. The smallest absolute Gasteiger partial charge is 0.00903 e. The van der Waals surface area contributed by atoms with Gasteiger partial charge in [0.25, 0.3) is 0 Å². The third kappa shape index (κ3) is 2.10. The molecule has 1 aromatic carbocycles. The van der Waals surface area contributed by atoms with E-state index in [0.29, 0.717) is 0 Å². The summed E-state index contributed by atoms with van der Waals surface area (Å²) in [4.78, 5) is 0. The van der Waals surface area contributed by atoms with E-state index in [2.05, 4.69) is 45.4 Å². The Kier molecular flexibility index (Phi) is 3.33. The van der Waals surface area contributed by atoms with E-state index in [9.17, 15) is 0 Å². The summed E-state index contributed by atoms with van der Waals surface area (Å²) in [6, 6.07) is 6.42. The van der Waals surface area contributed by atoms with Gasteiger partial charge in [-0.3, -0.25) is 0 Å². The maximum Gasteiger partial charge on any atom is -0.00903 e. The van der Waals surface area contributed by atoms with Crippen molar-refractivity contribution in [1.82, 2.24) is 0 Å². The highest BCUT2D eigenvalue weighted by Gasteiger charge is 1.98. The Balaban J connectivity index is 2.78. The van der Waals surface area contributed by atoms with Gasteiger partial charge in [-0.15, -0.1) is 0 Å². The molecule has 0 fully saturated rings. The van der Waals surface area contributed by atoms with E-state index in [4.69, 9.17) is 0 Å². The third-order valence-corrected chi connectivity index (χ3v) is 2.21. The summed E-state index contributed by atoms with van der Waals surface area (Å²) < 4.78 is 0. The first-order valence-corrected chi connectivity index (χ1v) is 4.44. The Bertz CT molecular complexity index is 248. The standard InChI is InChI=1S/C12H16/c1-4-5-8-12-9-6-7-10(2)11(12)3/h6-9H,1,4-5H2,2-3H3. The van der Waals surface area contributed by atoms with Crippen LogP contribution in [0.15, 0.2) is 18.2 Å². The molecule has 0 nitrogen and oxygen atoms in total. The van der Waals surface area contributed by atoms with Gasteiger partial charge in [0.1, 0.15) is 0 Å². The maximum atomic E-state index is 3.82. The number of benzene rings is 1. The average molecular weight is 160 g/mol. The second-order valence-electron chi connectivity index (χ2n) is 3.14. The highest BCUT2D eigenvalue weighted by atomic mass is 14.0. The van der Waals surface area contributed by atoms with E-state index < -0.39 is 0 Å². The summed E-state index contributed by atoms with van der Waals surface area (Å²) >= 11 is 0. The molecule has 0 heteroatoms. The maximum absolute atomic E-state index is 3.82. The van der Waals surface area contributed by atoms with Gasteiger partial charge in [-0.2, -0.15) is 0 Å². The van der Waals surface area contributed by atoms with Crippen molar-refractivity contribution in [1.29, 1.82) is 0 Å². The number of hydrogen-bond acceptors (Lipinski definition) is 0.